The van der Waals surface area contributed by atoms with Gasteiger partial charge in [-0.2, -0.15) is 0 Å². The molecule has 0 radical (unpaired) electrons. The van der Waals surface area contributed by atoms with E-state index in [0.717, 1.165) is 16.5 Å². The Morgan fingerprint density at radius 3 is 2.27 bits per heavy atom. The van der Waals surface area contributed by atoms with E-state index in [1.807, 2.05) is 24.3 Å². The molecule has 0 saturated heterocycles. The summed E-state index contributed by atoms with van der Waals surface area (Å²) in [5.41, 5.74) is 7.77. The minimum absolute atomic E-state index is 0.0226. The van der Waals surface area contributed by atoms with E-state index < -0.39 is 42.5 Å². The number of fused-ring (bicyclic) bond motifs is 1. The Morgan fingerprint density at radius 2 is 1.61 bits per heavy atom. The second-order valence-electron chi connectivity index (χ2n) is 7.68. The monoisotopic (exact) mass is 454 g/mol. The lowest BCUT2D eigenvalue weighted by Gasteiger charge is -2.22. The third-order valence-electron chi connectivity index (χ3n) is 5.26. The number of rotatable bonds is 10. The molecule has 3 aromatic rings. The van der Waals surface area contributed by atoms with E-state index in [0.29, 0.717) is 5.56 Å². The smallest absolute Gasteiger partial charge is 0.326 e. The van der Waals surface area contributed by atoms with Crippen LogP contribution < -0.4 is 16.4 Å². The van der Waals surface area contributed by atoms with Crippen LogP contribution in [-0.4, -0.2) is 62.8 Å². The Hall–Kier alpha value is -3.89. The van der Waals surface area contributed by atoms with Gasteiger partial charge in [-0.05, 0) is 29.3 Å². The Bertz CT molecular complexity index is 1130. The molecule has 1 heterocycles. The third-order valence-corrected chi connectivity index (χ3v) is 5.26. The van der Waals surface area contributed by atoms with Gasteiger partial charge < -0.3 is 36.7 Å². The minimum Gasteiger partial charge on any atom is -0.508 e. The van der Waals surface area contributed by atoms with Crippen LogP contribution in [-0.2, 0) is 27.2 Å². The van der Waals surface area contributed by atoms with Crippen LogP contribution in [0.25, 0.3) is 10.9 Å². The molecule has 0 fully saturated rings. The first-order chi connectivity index (χ1) is 15.8. The quantitative estimate of drug-likeness (QED) is 0.226. The van der Waals surface area contributed by atoms with Crippen molar-refractivity contribution in [3.05, 3.63) is 65.9 Å². The van der Waals surface area contributed by atoms with Gasteiger partial charge in [0.2, 0.25) is 11.8 Å². The Labute approximate surface area is 189 Å². The summed E-state index contributed by atoms with van der Waals surface area (Å²) < 4.78 is 0. The van der Waals surface area contributed by atoms with Crippen molar-refractivity contribution in [3.8, 4) is 5.75 Å². The number of aliphatic hydroxyl groups is 1. The highest BCUT2D eigenvalue weighted by Crippen LogP contribution is 2.19. The number of hydrogen-bond acceptors (Lipinski definition) is 6. The van der Waals surface area contributed by atoms with E-state index in [-0.39, 0.29) is 18.6 Å². The standard InChI is InChI=1S/C23H26N4O6/c24-17(12-28)21(30)26-19(10-14-11-25-18-4-2-1-3-16(14)18)22(31)27-20(23(32)33)9-13-5-7-15(29)8-6-13/h1-8,11,17,19-20,25,28-29H,9-10,12,24H2,(H,26,30)(H,27,31)(H,32,33)/t17-,19-,20-/m0/s1. The molecule has 0 bridgehead atoms. The summed E-state index contributed by atoms with van der Waals surface area (Å²) in [6.45, 7) is -0.605. The van der Waals surface area contributed by atoms with Crippen molar-refractivity contribution < 1.29 is 29.7 Å². The molecule has 8 N–H and O–H groups in total. The number of hydrogen-bond donors (Lipinski definition) is 7. The zero-order valence-electron chi connectivity index (χ0n) is 17.7. The number of para-hydroxylation sites is 1. The number of aliphatic carboxylic acids is 1. The molecule has 174 valence electrons. The summed E-state index contributed by atoms with van der Waals surface area (Å²) in [4.78, 5) is 40.2. The number of aromatic amines is 1. The number of aromatic nitrogens is 1. The van der Waals surface area contributed by atoms with Crippen molar-refractivity contribution in [1.29, 1.82) is 0 Å². The number of nitrogens with one attached hydrogen (secondary N) is 3. The first-order valence-electron chi connectivity index (χ1n) is 10.3. The van der Waals surface area contributed by atoms with Crippen LogP contribution in [0.2, 0.25) is 0 Å². The summed E-state index contributed by atoms with van der Waals surface area (Å²) in [6.07, 6.45) is 1.77. The molecular weight excluding hydrogens is 428 g/mol. The van der Waals surface area contributed by atoms with Gasteiger partial charge in [-0.25, -0.2) is 4.79 Å². The summed E-state index contributed by atoms with van der Waals surface area (Å²) in [5, 5.41) is 34.0. The number of phenols is 1. The molecule has 0 unspecified atom stereocenters. The van der Waals surface area contributed by atoms with Crippen molar-refractivity contribution in [2.45, 2.75) is 31.0 Å². The van der Waals surface area contributed by atoms with Gasteiger partial charge >= 0.3 is 5.97 Å². The van der Waals surface area contributed by atoms with Crippen LogP contribution >= 0.6 is 0 Å². The molecule has 0 saturated carbocycles. The highest BCUT2D eigenvalue weighted by Gasteiger charge is 2.29. The Morgan fingerprint density at radius 1 is 0.939 bits per heavy atom. The molecule has 10 heteroatoms. The molecule has 1 aromatic heterocycles. The van der Waals surface area contributed by atoms with Crippen LogP contribution in [0.3, 0.4) is 0 Å². The van der Waals surface area contributed by atoms with Crippen molar-refractivity contribution >= 4 is 28.7 Å². The average molecular weight is 454 g/mol. The number of carbonyl (C=O) groups is 3. The molecule has 0 aliphatic heterocycles. The maximum atomic E-state index is 13.1. The largest absolute Gasteiger partial charge is 0.508 e. The van der Waals surface area contributed by atoms with Gasteiger partial charge in [0.25, 0.3) is 0 Å². The Kier molecular flexibility index (Phi) is 7.65. The van der Waals surface area contributed by atoms with Gasteiger partial charge in [0.15, 0.2) is 0 Å². The van der Waals surface area contributed by atoms with Crippen molar-refractivity contribution in [3.63, 3.8) is 0 Å². The van der Waals surface area contributed by atoms with Gasteiger partial charge in [-0.1, -0.05) is 30.3 Å². The maximum absolute atomic E-state index is 13.1. The SMILES string of the molecule is N[C@@H](CO)C(=O)N[C@@H](Cc1c[nH]c2ccccc12)C(=O)N[C@@H](Cc1ccc(O)cc1)C(=O)O. The maximum Gasteiger partial charge on any atom is 0.326 e. The number of aliphatic hydroxyl groups excluding tert-OH is 1. The number of carboxylic acids is 1. The van der Waals surface area contributed by atoms with Crippen molar-refractivity contribution in [2.24, 2.45) is 5.73 Å². The minimum atomic E-state index is -1.27. The van der Waals surface area contributed by atoms with E-state index in [4.69, 9.17) is 10.8 Å². The van der Waals surface area contributed by atoms with E-state index in [1.54, 1.807) is 18.3 Å². The second kappa shape index (κ2) is 10.6. The molecule has 2 amide bonds. The first kappa shape index (κ1) is 23.8. The van der Waals surface area contributed by atoms with Crippen LogP contribution in [0, 0.1) is 0 Å². The first-order valence-corrected chi connectivity index (χ1v) is 10.3. The number of nitrogens with two attached hydrogens (primary N) is 1. The summed E-state index contributed by atoms with van der Waals surface area (Å²) in [5.74, 6) is -2.65. The number of carbonyl (C=O) groups excluding carboxylic acids is 2. The predicted octanol–water partition coefficient (Wildman–Crippen LogP) is 0.0325. The fourth-order valence-corrected chi connectivity index (χ4v) is 3.43. The molecular formula is C23H26N4O6. The molecule has 3 rings (SSSR count). The molecule has 33 heavy (non-hydrogen) atoms. The van der Waals surface area contributed by atoms with Gasteiger partial charge in [-0.3, -0.25) is 9.59 Å². The van der Waals surface area contributed by atoms with Gasteiger partial charge in [0, 0.05) is 29.9 Å². The fraction of sp³-hybridized carbons (Fsp3) is 0.261. The molecule has 10 nitrogen and oxygen atoms in total. The number of benzene rings is 2. The number of carboxylic acid groups (broad SMARTS) is 1. The van der Waals surface area contributed by atoms with E-state index in [2.05, 4.69) is 15.6 Å². The molecule has 3 atom stereocenters. The van der Waals surface area contributed by atoms with Crippen molar-refractivity contribution in [2.75, 3.05) is 6.61 Å². The van der Waals surface area contributed by atoms with E-state index in [1.165, 1.54) is 12.1 Å². The molecule has 0 aliphatic carbocycles. The zero-order chi connectivity index (χ0) is 24.0. The zero-order valence-corrected chi connectivity index (χ0v) is 17.7. The highest BCUT2D eigenvalue weighted by molar-refractivity contribution is 5.93. The molecule has 2 aromatic carbocycles. The van der Waals surface area contributed by atoms with Crippen LogP contribution in [0.4, 0.5) is 0 Å². The highest BCUT2D eigenvalue weighted by atomic mass is 16.4. The summed E-state index contributed by atoms with van der Waals surface area (Å²) in [6, 6.07) is 9.77. The summed E-state index contributed by atoms with van der Waals surface area (Å²) >= 11 is 0. The topological polar surface area (TPSA) is 178 Å². The van der Waals surface area contributed by atoms with Crippen LogP contribution in [0.15, 0.2) is 54.7 Å². The summed E-state index contributed by atoms with van der Waals surface area (Å²) in [7, 11) is 0. The molecule has 0 aliphatic rings. The number of phenolic OH excluding ortho intramolecular Hbond substituents is 1. The van der Waals surface area contributed by atoms with Gasteiger partial charge in [0.05, 0.1) is 6.61 Å². The number of aromatic hydroxyl groups is 1. The molecule has 0 spiro atoms. The average Bonchev–Trinajstić information content (AvgIpc) is 3.21. The normalized spacial score (nSPS) is 13.8. The van der Waals surface area contributed by atoms with Crippen LogP contribution in [0.5, 0.6) is 5.75 Å². The van der Waals surface area contributed by atoms with Crippen LogP contribution in [0.1, 0.15) is 11.1 Å². The van der Waals surface area contributed by atoms with E-state index in [9.17, 15) is 24.6 Å². The van der Waals surface area contributed by atoms with Crippen molar-refractivity contribution in [1.82, 2.24) is 15.6 Å². The van der Waals surface area contributed by atoms with Gasteiger partial charge in [0.1, 0.15) is 23.9 Å². The van der Waals surface area contributed by atoms with Gasteiger partial charge in [-0.15, -0.1) is 0 Å². The second-order valence-corrected chi connectivity index (χ2v) is 7.68. The number of amides is 2. The predicted molar refractivity (Wildman–Crippen MR) is 120 cm³/mol. The number of H-pyrrole nitrogens is 1. The lowest BCUT2D eigenvalue weighted by atomic mass is 10.0. The third kappa shape index (κ3) is 6.09. The lowest BCUT2D eigenvalue weighted by Crippen LogP contribution is -2.56. The fourth-order valence-electron chi connectivity index (χ4n) is 3.43. The Balaban J connectivity index is 1.81. The lowest BCUT2D eigenvalue weighted by molar-refractivity contribution is -0.142. The van der Waals surface area contributed by atoms with E-state index >= 15 is 0 Å².